The molecule has 0 fully saturated rings. The summed E-state index contributed by atoms with van der Waals surface area (Å²) < 4.78 is 33.3. The summed E-state index contributed by atoms with van der Waals surface area (Å²) in [5, 5.41) is 0.272. The van der Waals surface area contributed by atoms with E-state index in [1.54, 1.807) is 43.5 Å². The fourth-order valence-electron chi connectivity index (χ4n) is 2.85. The van der Waals surface area contributed by atoms with Gasteiger partial charge in [0, 0.05) is 11.8 Å². The maximum Gasteiger partial charge on any atom is 0.264 e. The fraction of sp³-hybridized carbons (Fsp3) is 0.130. The van der Waals surface area contributed by atoms with Crippen molar-refractivity contribution < 1.29 is 13.2 Å². The van der Waals surface area contributed by atoms with Gasteiger partial charge in [-0.3, -0.25) is 4.31 Å². The van der Waals surface area contributed by atoms with Crippen LogP contribution >= 0.6 is 11.6 Å². The summed E-state index contributed by atoms with van der Waals surface area (Å²) in [5.41, 5.74) is 2.46. The van der Waals surface area contributed by atoms with Gasteiger partial charge in [-0.15, -0.1) is 0 Å². The van der Waals surface area contributed by atoms with Crippen molar-refractivity contribution in [3.63, 3.8) is 0 Å². The highest BCUT2D eigenvalue weighted by atomic mass is 35.5. The lowest BCUT2D eigenvalue weighted by Gasteiger charge is -2.22. The summed E-state index contributed by atoms with van der Waals surface area (Å²) in [6, 6.07) is 23.4. The number of benzene rings is 3. The number of halogens is 1. The number of para-hydroxylation sites is 1. The van der Waals surface area contributed by atoms with E-state index in [0.29, 0.717) is 11.3 Å². The van der Waals surface area contributed by atoms with E-state index in [1.165, 1.54) is 10.5 Å². The summed E-state index contributed by atoms with van der Waals surface area (Å²) in [7, 11) is -2.26. The van der Waals surface area contributed by atoms with Gasteiger partial charge >= 0.3 is 0 Å². The van der Waals surface area contributed by atoms with E-state index in [9.17, 15) is 8.42 Å². The zero-order valence-corrected chi connectivity index (χ0v) is 17.8. The molecule has 3 rings (SSSR count). The van der Waals surface area contributed by atoms with E-state index in [4.69, 9.17) is 16.3 Å². The number of nitrogens with zero attached hydrogens (tertiary/aromatic N) is 1. The zero-order chi connectivity index (χ0) is 20.9. The van der Waals surface area contributed by atoms with Crippen molar-refractivity contribution in [3.8, 4) is 5.75 Å². The average molecular weight is 428 g/mol. The topological polar surface area (TPSA) is 46.6 Å². The zero-order valence-electron chi connectivity index (χ0n) is 16.2. The summed E-state index contributed by atoms with van der Waals surface area (Å²) >= 11 is 6.54. The van der Waals surface area contributed by atoms with Crippen LogP contribution in [-0.2, 0) is 16.6 Å². The van der Waals surface area contributed by atoms with Crippen LogP contribution in [0.1, 0.15) is 16.7 Å². The third kappa shape index (κ3) is 5.00. The molecule has 0 bridgehead atoms. The standard InChI is InChI=1S/C23H22ClNO3S/c1-18-12-14-20(15-13-18)29(26,27)25(16-19-8-4-3-5-9-19)17-22(24)21-10-6-7-11-23(21)28-2/h3-15,17H,16H2,1-2H3/b22-17-. The number of hydrogen-bond acceptors (Lipinski definition) is 3. The maximum atomic E-state index is 13.4. The molecular weight excluding hydrogens is 406 g/mol. The second-order valence-electron chi connectivity index (χ2n) is 6.53. The molecule has 0 aliphatic carbocycles. The Balaban J connectivity index is 2.06. The lowest BCUT2D eigenvalue weighted by molar-refractivity contribution is 0.413. The second-order valence-corrected chi connectivity index (χ2v) is 8.82. The smallest absolute Gasteiger partial charge is 0.264 e. The summed E-state index contributed by atoms with van der Waals surface area (Å²) in [6.45, 7) is 2.07. The van der Waals surface area contributed by atoms with Gasteiger partial charge in [-0.1, -0.05) is 71.8 Å². The van der Waals surface area contributed by atoms with E-state index in [1.807, 2.05) is 49.4 Å². The number of hydrogen-bond donors (Lipinski definition) is 0. The quantitative estimate of drug-likeness (QED) is 0.505. The molecule has 3 aromatic rings. The molecule has 0 aliphatic heterocycles. The highest BCUT2D eigenvalue weighted by Crippen LogP contribution is 2.30. The molecule has 3 aromatic carbocycles. The van der Waals surface area contributed by atoms with Crippen LogP contribution in [0.3, 0.4) is 0 Å². The molecule has 0 atom stereocenters. The minimum absolute atomic E-state index is 0.155. The molecule has 0 radical (unpaired) electrons. The van der Waals surface area contributed by atoms with Crippen molar-refractivity contribution in [2.75, 3.05) is 7.11 Å². The van der Waals surface area contributed by atoms with Gasteiger partial charge in [0.15, 0.2) is 0 Å². The first kappa shape index (κ1) is 21.0. The summed E-state index contributed by atoms with van der Waals surface area (Å²) in [6.07, 6.45) is 1.45. The molecule has 0 aliphatic rings. The minimum atomic E-state index is -3.81. The van der Waals surface area contributed by atoms with Gasteiger partial charge in [0.2, 0.25) is 0 Å². The van der Waals surface area contributed by atoms with Gasteiger partial charge in [-0.05, 0) is 36.8 Å². The van der Waals surface area contributed by atoms with Crippen LogP contribution in [0.2, 0.25) is 0 Å². The Hall–Kier alpha value is -2.76. The highest BCUT2D eigenvalue weighted by Gasteiger charge is 2.23. The third-order valence-electron chi connectivity index (χ3n) is 4.43. The first-order valence-electron chi connectivity index (χ1n) is 9.05. The van der Waals surface area contributed by atoms with E-state index in [-0.39, 0.29) is 16.5 Å². The Bertz CT molecular complexity index is 1090. The molecule has 6 heteroatoms. The molecule has 0 unspecified atom stereocenters. The van der Waals surface area contributed by atoms with Gasteiger partial charge in [-0.25, -0.2) is 8.42 Å². The van der Waals surface area contributed by atoms with Crippen LogP contribution in [-0.4, -0.2) is 19.8 Å². The van der Waals surface area contributed by atoms with E-state index in [0.717, 1.165) is 11.1 Å². The number of ether oxygens (including phenoxy) is 1. The van der Waals surface area contributed by atoms with Gasteiger partial charge in [0.25, 0.3) is 10.0 Å². The number of rotatable bonds is 7. The van der Waals surface area contributed by atoms with E-state index < -0.39 is 10.0 Å². The maximum absolute atomic E-state index is 13.4. The van der Waals surface area contributed by atoms with Crippen LogP contribution in [0.4, 0.5) is 0 Å². The Morgan fingerprint density at radius 3 is 2.24 bits per heavy atom. The van der Waals surface area contributed by atoms with Crippen LogP contribution in [0.25, 0.3) is 5.03 Å². The molecule has 0 spiro atoms. The first-order valence-corrected chi connectivity index (χ1v) is 10.9. The van der Waals surface area contributed by atoms with Crippen LogP contribution < -0.4 is 4.74 Å². The van der Waals surface area contributed by atoms with Crippen molar-refractivity contribution in [2.45, 2.75) is 18.4 Å². The first-order chi connectivity index (χ1) is 13.9. The third-order valence-corrected chi connectivity index (χ3v) is 6.45. The number of aryl methyl sites for hydroxylation is 1. The lowest BCUT2D eigenvalue weighted by Crippen LogP contribution is -2.26. The molecular formula is C23H22ClNO3S. The van der Waals surface area contributed by atoms with Crippen molar-refractivity contribution in [1.82, 2.24) is 4.31 Å². The van der Waals surface area contributed by atoms with Crippen LogP contribution in [0, 0.1) is 6.92 Å². The normalized spacial score (nSPS) is 11.9. The summed E-state index contributed by atoms with van der Waals surface area (Å²) in [4.78, 5) is 0.208. The van der Waals surface area contributed by atoms with Crippen molar-refractivity contribution in [3.05, 3.63) is 102 Å². The van der Waals surface area contributed by atoms with Gasteiger partial charge in [0.05, 0.1) is 23.6 Å². The SMILES string of the molecule is COc1ccccc1/C(Cl)=C/N(Cc1ccccc1)S(=O)(=O)c1ccc(C)cc1. The molecule has 4 nitrogen and oxygen atoms in total. The van der Waals surface area contributed by atoms with Crippen molar-refractivity contribution >= 4 is 26.7 Å². The molecule has 0 aromatic heterocycles. The van der Waals surface area contributed by atoms with Gasteiger partial charge in [-0.2, -0.15) is 0 Å². The molecule has 0 saturated heterocycles. The molecule has 29 heavy (non-hydrogen) atoms. The second kappa shape index (κ2) is 9.16. The summed E-state index contributed by atoms with van der Waals surface area (Å²) in [5.74, 6) is 0.571. The Kier molecular flexibility index (Phi) is 6.62. The Morgan fingerprint density at radius 2 is 1.59 bits per heavy atom. The monoisotopic (exact) mass is 427 g/mol. The highest BCUT2D eigenvalue weighted by molar-refractivity contribution is 7.89. The van der Waals surface area contributed by atoms with Gasteiger partial charge < -0.3 is 4.74 Å². The van der Waals surface area contributed by atoms with Crippen LogP contribution in [0.15, 0.2) is 90.0 Å². The Morgan fingerprint density at radius 1 is 0.966 bits per heavy atom. The largest absolute Gasteiger partial charge is 0.496 e. The molecule has 0 saturated carbocycles. The molecule has 0 amide bonds. The predicted molar refractivity (Wildman–Crippen MR) is 117 cm³/mol. The minimum Gasteiger partial charge on any atom is -0.496 e. The van der Waals surface area contributed by atoms with Crippen LogP contribution in [0.5, 0.6) is 5.75 Å². The Labute approximate surface area is 177 Å². The van der Waals surface area contributed by atoms with Crippen molar-refractivity contribution in [1.29, 1.82) is 0 Å². The van der Waals surface area contributed by atoms with Crippen molar-refractivity contribution in [2.24, 2.45) is 0 Å². The number of sulfonamides is 1. The van der Waals surface area contributed by atoms with E-state index >= 15 is 0 Å². The average Bonchev–Trinajstić information content (AvgIpc) is 2.74. The lowest BCUT2D eigenvalue weighted by atomic mass is 10.2. The molecule has 150 valence electrons. The fourth-order valence-corrected chi connectivity index (χ4v) is 4.49. The number of methoxy groups -OCH3 is 1. The predicted octanol–water partition coefficient (Wildman–Crippen LogP) is 5.43. The molecule has 0 N–H and O–H groups in total. The van der Waals surface area contributed by atoms with E-state index in [2.05, 4.69) is 0 Å². The van der Waals surface area contributed by atoms with Gasteiger partial charge in [0.1, 0.15) is 5.75 Å². The molecule has 0 heterocycles.